The van der Waals surface area contributed by atoms with E-state index in [0.717, 1.165) is 11.1 Å². The van der Waals surface area contributed by atoms with Gasteiger partial charge in [-0.15, -0.1) is 0 Å². The van der Waals surface area contributed by atoms with Crippen LogP contribution in [0, 0.1) is 13.8 Å². The van der Waals surface area contributed by atoms with Crippen molar-refractivity contribution in [3.63, 3.8) is 0 Å². The van der Waals surface area contributed by atoms with Crippen LogP contribution < -0.4 is 5.73 Å². The summed E-state index contributed by atoms with van der Waals surface area (Å²) >= 11 is 0. The summed E-state index contributed by atoms with van der Waals surface area (Å²) in [4.78, 5) is 11.4. The van der Waals surface area contributed by atoms with E-state index in [-0.39, 0.29) is 5.97 Å². The molecule has 0 spiro atoms. The molecule has 0 aromatic heterocycles. The first kappa shape index (κ1) is 13.1. The first-order valence-electron chi connectivity index (χ1n) is 6.08. The predicted molar refractivity (Wildman–Crippen MR) is 77.1 cm³/mol. The van der Waals surface area contributed by atoms with Gasteiger partial charge in [0.05, 0.1) is 12.7 Å². The quantitative estimate of drug-likeness (QED) is 0.661. The van der Waals surface area contributed by atoms with Crippen molar-refractivity contribution in [2.75, 3.05) is 12.8 Å². The number of aryl methyl sites for hydroxylation is 2. The number of hydrogen-bond donors (Lipinski definition) is 1. The molecule has 0 fully saturated rings. The third-order valence-electron chi connectivity index (χ3n) is 3.29. The second-order valence-corrected chi connectivity index (χ2v) is 4.59. The summed E-state index contributed by atoms with van der Waals surface area (Å²) in [5.41, 5.74) is 11.5. The highest BCUT2D eigenvalue weighted by atomic mass is 16.5. The predicted octanol–water partition coefficient (Wildman–Crippen LogP) is 3.34. The number of carbonyl (C=O) groups is 1. The van der Waals surface area contributed by atoms with Gasteiger partial charge in [-0.2, -0.15) is 0 Å². The topological polar surface area (TPSA) is 52.3 Å². The summed E-state index contributed by atoms with van der Waals surface area (Å²) in [6, 6.07) is 11.4. The van der Waals surface area contributed by atoms with Crippen LogP contribution in [0.4, 0.5) is 5.69 Å². The standard InChI is InChI=1S/C16H17NO2/c1-10-4-5-12(8-11(10)2)14-7-6-13(9-15(14)17)16(18)19-3/h4-9H,17H2,1-3H3. The largest absolute Gasteiger partial charge is 0.465 e. The molecule has 0 atom stereocenters. The van der Waals surface area contributed by atoms with Crippen LogP contribution in [-0.4, -0.2) is 13.1 Å². The normalized spacial score (nSPS) is 10.3. The van der Waals surface area contributed by atoms with E-state index < -0.39 is 0 Å². The molecule has 0 aliphatic carbocycles. The van der Waals surface area contributed by atoms with E-state index in [4.69, 9.17) is 5.73 Å². The molecule has 0 heterocycles. The minimum atomic E-state index is -0.377. The van der Waals surface area contributed by atoms with E-state index in [1.54, 1.807) is 12.1 Å². The third-order valence-corrected chi connectivity index (χ3v) is 3.29. The maximum absolute atomic E-state index is 11.4. The van der Waals surface area contributed by atoms with E-state index in [1.807, 2.05) is 12.1 Å². The molecule has 0 amide bonds. The Balaban J connectivity index is 2.46. The second kappa shape index (κ2) is 5.14. The SMILES string of the molecule is COC(=O)c1ccc(-c2ccc(C)c(C)c2)c(N)c1. The Labute approximate surface area is 113 Å². The van der Waals surface area contributed by atoms with Crippen LogP contribution in [0.25, 0.3) is 11.1 Å². The summed E-state index contributed by atoms with van der Waals surface area (Å²) < 4.78 is 4.68. The lowest BCUT2D eigenvalue weighted by Crippen LogP contribution is -2.02. The molecule has 0 unspecified atom stereocenters. The molecule has 0 aliphatic rings. The van der Waals surface area contributed by atoms with Gasteiger partial charge in [-0.3, -0.25) is 0 Å². The Hall–Kier alpha value is -2.29. The van der Waals surface area contributed by atoms with Crippen molar-refractivity contribution in [2.24, 2.45) is 0 Å². The summed E-state index contributed by atoms with van der Waals surface area (Å²) in [7, 11) is 1.36. The van der Waals surface area contributed by atoms with Crippen molar-refractivity contribution in [1.29, 1.82) is 0 Å². The monoisotopic (exact) mass is 255 g/mol. The van der Waals surface area contributed by atoms with Crippen molar-refractivity contribution in [1.82, 2.24) is 0 Å². The van der Waals surface area contributed by atoms with Gasteiger partial charge < -0.3 is 10.5 Å². The summed E-state index contributed by atoms with van der Waals surface area (Å²) in [6.45, 7) is 4.14. The minimum Gasteiger partial charge on any atom is -0.465 e. The Morgan fingerprint density at radius 3 is 2.37 bits per heavy atom. The van der Waals surface area contributed by atoms with E-state index >= 15 is 0 Å². The van der Waals surface area contributed by atoms with Gasteiger partial charge in [0.1, 0.15) is 0 Å². The number of ether oxygens (including phenoxy) is 1. The molecule has 98 valence electrons. The van der Waals surface area contributed by atoms with Crippen LogP contribution in [-0.2, 0) is 4.74 Å². The molecule has 2 rings (SSSR count). The molecule has 2 aromatic rings. The van der Waals surface area contributed by atoms with Crippen LogP contribution in [0.2, 0.25) is 0 Å². The fourth-order valence-corrected chi connectivity index (χ4v) is 1.98. The number of methoxy groups -OCH3 is 1. The number of nitrogens with two attached hydrogens (primary N) is 1. The van der Waals surface area contributed by atoms with Gasteiger partial charge in [-0.05, 0) is 42.7 Å². The van der Waals surface area contributed by atoms with E-state index in [1.165, 1.54) is 18.2 Å². The van der Waals surface area contributed by atoms with Crippen molar-refractivity contribution < 1.29 is 9.53 Å². The molecular weight excluding hydrogens is 238 g/mol. The third kappa shape index (κ3) is 2.60. The van der Waals surface area contributed by atoms with Gasteiger partial charge in [0, 0.05) is 11.3 Å². The van der Waals surface area contributed by atoms with Gasteiger partial charge in [0.25, 0.3) is 0 Å². The molecule has 19 heavy (non-hydrogen) atoms. The molecule has 3 heteroatoms. The second-order valence-electron chi connectivity index (χ2n) is 4.59. The van der Waals surface area contributed by atoms with Gasteiger partial charge >= 0.3 is 5.97 Å². The molecule has 2 N–H and O–H groups in total. The minimum absolute atomic E-state index is 0.377. The lowest BCUT2D eigenvalue weighted by molar-refractivity contribution is 0.0601. The van der Waals surface area contributed by atoms with Crippen LogP contribution in [0.15, 0.2) is 36.4 Å². The van der Waals surface area contributed by atoms with Crippen molar-refractivity contribution >= 4 is 11.7 Å². The number of esters is 1. The van der Waals surface area contributed by atoms with Gasteiger partial charge in [-0.1, -0.05) is 24.3 Å². The fraction of sp³-hybridized carbons (Fsp3) is 0.188. The Kier molecular flexibility index (Phi) is 3.56. The first-order chi connectivity index (χ1) is 9.02. The van der Waals surface area contributed by atoms with Crippen LogP contribution in [0.1, 0.15) is 21.5 Å². The average molecular weight is 255 g/mol. The number of nitrogen functional groups attached to an aromatic ring is 1. The maximum atomic E-state index is 11.4. The fourth-order valence-electron chi connectivity index (χ4n) is 1.98. The van der Waals surface area contributed by atoms with Crippen molar-refractivity contribution in [3.8, 4) is 11.1 Å². The Morgan fingerprint density at radius 1 is 1.05 bits per heavy atom. The van der Waals surface area contributed by atoms with Crippen LogP contribution in [0.3, 0.4) is 0 Å². The summed E-state index contributed by atoms with van der Waals surface area (Å²) in [5.74, 6) is -0.377. The van der Waals surface area contributed by atoms with Gasteiger partial charge in [0.2, 0.25) is 0 Å². The zero-order valence-corrected chi connectivity index (χ0v) is 11.4. The zero-order chi connectivity index (χ0) is 14.0. The molecule has 0 saturated heterocycles. The van der Waals surface area contributed by atoms with Crippen molar-refractivity contribution in [3.05, 3.63) is 53.1 Å². The molecule has 2 aromatic carbocycles. The molecule has 0 saturated carbocycles. The zero-order valence-electron chi connectivity index (χ0n) is 11.4. The smallest absolute Gasteiger partial charge is 0.337 e. The van der Waals surface area contributed by atoms with Crippen LogP contribution >= 0.6 is 0 Å². The van der Waals surface area contributed by atoms with Crippen molar-refractivity contribution in [2.45, 2.75) is 13.8 Å². The van der Waals surface area contributed by atoms with Gasteiger partial charge in [-0.25, -0.2) is 4.79 Å². The number of benzene rings is 2. The van der Waals surface area contributed by atoms with Crippen LogP contribution in [0.5, 0.6) is 0 Å². The first-order valence-corrected chi connectivity index (χ1v) is 6.08. The Morgan fingerprint density at radius 2 is 1.79 bits per heavy atom. The van der Waals surface area contributed by atoms with E-state index in [0.29, 0.717) is 11.3 Å². The lowest BCUT2D eigenvalue weighted by Gasteiger charge is -2.09. The number of hydrogen-bond acceptors (Lipinski definition) is 3. The average Bonchev–Trinajstić information content (AvgIpc) is 2.41. The molecule has 0 radical (unpaired) electrons. The highest BCUT2D eigenvalue weighted by Crippen LogP contribution is 2.28. The molecule has 3 nitrogen and oxygen atoms in total. The molecule has 0 aliphatic heterocycles. The van der Waals surface area contributed by atoms with Gasteiger partial charge in [0.15, 0.2) is 0 Å². The lowest BCUT2D eigenvalue weighted by atomic mass is 9.98. The highest BCUT2D eigenvalue weighted by molar-refractivity contribution is 5.92. The number of rotatable bonds is 2. The molecular formula is C16H17NO2. The number of carbonyl (C=O) groups excluding carboxylic acids is 1. The summed E-state index contributed by atoms with van der Waals surface area (Å²) in [6.07, 6.45) is 0. The highest BCUT2D eigenvalue weighted by Gasteiger charge is 2.09. The number of anilines is 1. The van der Waals surface area contributed by atoms with E-state index in [9.17, 15) is 4.79 Å². The Bertz CT molecular complexity index is 633. The maximum Gasteiger partial charge on any atom is 0.337 e. The molecule has 0 bridgehead atoms. The van der Waals surface area contributed by atoms with E-state index in [2.05, 4.69) is 30.7 Å². The summed E-state index contributed by atoms with van der Waals surface area (Å²) in [5, 5.41) is 0.